The van der Waals surface area contributed by atoms with Crippen LogP contribution in [-0.2, 0) is 0 Å². The van der Waals surface area contributed by atoms with Crippen molar-refractivity contribution in [2.45, 2.75) is 26.2 Å². The van der Waals surface area contributed by atoms with Gasteiger partial charge in [0.2, 0.25) is 0 Å². The fraction of sp³-hybridized carbons (Fsp3) is 0.750. The van der Waals surface area contributed by atoms with Gasteiger partial charge in [-0.2, -0.15) is 0 Å². The van der Waals surface area contributed by atoms with Crippen LogP contribution >= 0.6 is 0 Å². The Morgan fingerprint density at radius 2 is 1.69 bits per heavy atom. The van der Waals surface area contributed by atoms with Crippen molar-refractivity contribution in [3.8, 4) is 0 Å². The molecule has 0 nitrogen and oxygen atoms in total. The number of hydrogen-bond acceptors (Lipinski definition) is 0. The first-order chi connectivity index (χ1) is 7.83. The van der Waals surface area contributed by atoms with Gasteiger partial charge >= 0.3 is 0 Å². The van der Waals surface area contributed by atoms with E-state index in [2.05, 4.69) is 25.2 Å². The second kappa shape index (κ2) is 2.49. The van der Waals surface area contributed by atoms with Gasteiger partial charge in [0.1, 0.15) is 0 Å². The summed E-state index contributed by atoms with van der Waals surface area (Å²) in [5, 5.41) is 0. The third kappa shape index (κ3) is 0.762. The largest absolute Gasteiger partial charge is 0.0848 e. The minimum atomic E-state index is 0.986. The maximum Gasteiger partial charge on any atom is -0.0165 e. The predicted molar refractivity (Wildman–Crippen MR) is 64.7 cm³/mol. The summed E-state index contributed by atoms with van der Waals surface area (Å²) in [6.45, 7) is 2.36. The van der Waals surface area contributed by atoms with Crippen LogP contribution in [-0.4, -0.2) is 0 Å². The van der Waals surface area contributed by atoms with E-state index in [1.54, 1.807) is 12.0 Å². The Bertz CT molecular complexity index is 416. The van der Waals surface area contributed by atoms with Crippen LogP contribution < -0.4 is 0 Å². The summed E-state index contributed by atoms with van der Waals surface area (Å²) in [6, 6.07) is 0. The first kappa shape index (κ1) is 8.55. The maximum atomic E-state index is 2.65. The monoisotopic (exact) mass is 212 g/mol. The Morgan fingerprint density at radius 3 is 2.50 bits per heavy atom. The minimum absolute atomic E-state index is 0.986. The second-order valence-electron chi connectivity index (χ2n) is 7.12. The van der Waals surface area contributed by atoms with Crippen LogP contribution in [0, 0.1) is 47.3 Å². The Kier molecular flexibility index (Phi) is 1.33. The number of allylic oxidation sites excluding steroid dienone is 4. The molecule has 3 fully saturated rings. The smallest absolute Gasteiger partial charge is 0.0165 e. The van der Waals surface area contributed by atoms with Gasteiger partial charge in [-0.05, 0) is 73.5 Å². The highest BCUT2D eigenvalue weighted by Crippen LogP contribution is 2.70. The fourth-order valence-corrected chi connectivity index (χ4v) is 6.51. The Morgan fingerprint density at radius 1 is 0.938 bits per heavy atom. The lowest BCUT2D eigenvalue weighted by atomic mass is 9.66. The van der Waals surface area contributed by atoms with Crippen molar-refractivity contribution >= 4 is 0 Å². The maximum absolute atomic E-state index is 2.65. The van der Waals surface area contributed by atoms with Crippen LogP contribution in [0.4, 0.5) is 0 Å². The summed E-state index contributed by atoms with van der Waals surface area (Å²) in [5.74, 6) is 8.44. The van der Waals surface area contributed by atoms with Crippen molar-refractivity contribution < 1.29 is 0 Å². The van der Waals surface area contributed by atoms with Crippen LogP contribution in [0.3, 0.4) is 0 Å². The fourth-order valence-electron chi connectivity index (χ4n) is 6.51. The molecule has 16 heavy (non-hydrogen) atoms. The van der Waals surface area contributed by atoms with E-state index in [9.17, 15) is 0 Å². The van der Waals surface area contributed by atoms with E-state index in [1.165, 1.54) is 12.8 Å². The van der Waals surface area contributed by atoms with E-state index < -0.39 is 0 Å². The van der Waals surface area contributed by atoms with Crippen LogP contribution in [0.15, 0.2) is 23.8 Å². The molecule has 0 radical (unpaired) electrons. The highest BCUT2D eigenvalue weighted by atomic mass is 14.7. The number of hydrogen-bond donors (Lipinski definition) is 0. The SMILES string of the molecule is CC1=CC2C(C1)C1CC2C2C3C=CC(C3)C12. The van der Waals surface area contributed by atoms with E-state index in [-0.39, 0.29) is 0 Å². The first-order valence-electron chi connectivity index (χ1n) is 7.18. The molecule has 0 heterocycles. The van der Waals surface area contributed by atoms with E-state index in [0.29, 0.717) is 0 Å². The Labute approximate surface area is 97.8 Å². The van der Waals surface area contributed by atoms with Crippen molar-refractivity contribution in [2.75, 3.05) is 0 Å². The van der Waals surface area contributed by atoms with Gasteiger partial charge in [-0.3, -0.25) is 0 Å². The van der Waals surface area contributed by atoms with Crippen molar-refractivity contribution in [3.05, 3.63) is 23.8 Å². The first-order valence-corrected chi connectivity index (χ1v) is 7.18. The topological polar surface area (TPSA) is 0 Å². The molecule has 8 unspecified atom stereocenters. The lowest BCUT2D eigenvalue weighted by molar-refractivity contribution is 0.121. The van der Waals surface area contributed by atoms with Crippen LogP contribution in [0.5, 0.6) is 0 Å². The highest BCUT2D eigenvalue weighted by Gasteiger charge is 2.64. The van der Waals surface area contributed by atoms with Gasteiger partial charge in [0, 0.05) is 0 Å². The quantitative estimate of drug-likeness (QED) is 0.424. The van der Waals surface area contributed by atoms with E-state index in [4.69, 9.17) is 0 Å². The standard InChI is InChI=1S/C16H20/c1-8-4-11-12(5-8)14-7-13(11)15-9-2-3-10(6-9)16(14)15/h2-4,9-16H,5-7H2,1H3. The van der Waals surface area contributed by atoms with Gasteiger partial charge in [-0.15, -0.1) is 0 Å². The molecule has 0 aromatic rings. The minimum Gasteiger partial charge on any atom is -0.0848 e. The molecule has 0 aliphatic heterocycles. The molecule has 0 saturated heterocycles. The second-order valence-corrected chi connectivity index (χ2v) is 7.12. The van der Waals surface area contributed by atoms with Gasteiger partial charge in [-0.1, -0.05) is 23.8 Å². The molecule has 5 aliphatic carbocycles. The van der Waals surface area contributed by atoms with Gasteiger partial charge in [-0.25, -0.2) is 0 Å². The van der Waals surface area contributed by atoms with E-state index in [1.807, 2.05) is 0 Å². The molecule has 4 bridgehead atoms. The van der Waals surface area contributed by atoms with Crippen LogP contribution in [0.2, 0.25) is 0 Å². The molecular formula is C16H20. The van der Waals surface area contributed by atoms with Gasteiger partial charge in [0.25, 0.3) is 0 Å². The molecule has 0 spiro atoms. The molecule has 3 saturated carbocycles. The summed E-state index contributed by atoms with van der Waals surface area (Å²) in [6.07, 6.45) is 12.3. The van der Waals surface area contributed by atoms with Gasteiger partial charge in [0.05, 0.1) is 0 Å². The Hall–Kier alpha value is -0.520. The zero-order chi connectivity index (χ0) is 10.4. The van der Waals surface area contributed by atoms with Crippen LogP contribution in [0.25, 0.3) is 0 Å². The van der Waals surface area contributed by atoms with Crippen molar-refractivity contribution in [1.82, 2.24) is 0 Å². The molecule has 8 atom stereocenters. The summed E-state index contributed by atoms with van der Waals surface area (Å²) < 4.78 is 0. The molecule has 0 aromatic heterocycles. The van der Waals surface area contributed by atoms with Crippen molar-refractivity contribution in [3.63, 3.8) is 0 Å². The van der Waals surface area contributed by atoms with Gasteiger partial charge in [0.15, 0.2) is 0 Å². The lowest BCUT2D eigenvalue weighted by Gasteiger charge is -2.38. The van der Waals surface area contributed by atoms with E-state index >= 15 is 0 Å². The summed E-state index contributed by atoms with van der Waals surface area (Å²) in [5.41, 5.74) is 1.70. The van der Waals surface area contributed by atoms with Crippen molar-refractivity contribution in [2.24, 2.45) is 47.3 Å². The number of fused-ring (bicyclic) bond motifs is 12. The molecule has 0 N–H and O–H groups in total. The summed E-state index contributed by atoms with van der Waals surface area (Å²) in [4.78, 5) is 0. The predicted octanol–water partition coefficient (Wildman–Crippen LogP) is 3.66. The third-order valence-electron chi connectivity index (χ3n) is 6.69. The molecule has 5 rings (SSSR count). The zero-order valence-corrected chi connectivity index (χ0v) is 9.97. The molecule has 84 valence electrons. The Balaban J connectivity index is 1.60. The molecule has 0 amide bonds. The zero-order valence-electron chi connectivity index (χ0n) is 9.97. The van der Waals surface area contributed by atoms with E-state index in [0.717, 1.165) is 47.3 Å². The molecule has 0 heteroatoms. The molecule has 0 aromatic carbocycles. The van der Waals surface area contributed by atoms with Gasteiger partial charge < -0.3 is 0 Å². The highest BCUT2D eigenvalue weighted by molar-refractivity contribution is 5.27. The van der Waals surface area contributed by atoms with Crippen LogP contribution in [0.1, 0.15) is 26.2 Å². The normalized spacial score (nSPS) is 63.9. The van der Waals surface area contributed by atoms with Crippen molar-refractivity contribution in [1.29, 1.82) is 0 Å². The average Bonchev–Trinajstić information content (AvgIpc) is 2.98. The molecular weight excluding hydrogens is 192 g/mol. The molecule has 5 aliphatic rings. The third-order valence-corrected chi connectivity index (χ3v) is 6.69. The summed E-state index contributed by atoms with van der Waals surface area (Å²) in [7, 11) is 0. The summed E-state index contributed by atoms with van der Waals surface area (Å²) >= 11 is 0. The number of rotatable bonds is 0. The lowest BCUT2D eigenvalue weighted by Crippen LogP contribution is -2.34. The average molecular weight is 212 g/mol.